The quantitative estimate of drug-likeness (QED) is 0.850. The molecule has 0 aromatic carbocycles. The SMILES string of the molecule is CCc1cn(Cc2nccs2)c(=O)[nH]c1=O. The number of aromatic amines is 1. The second-order valence-electron chi connectivity index (χ2n) is 3.32. The Labute approximate surface area is 95.4 Å². The van der Waals surface area contributed by atoms with Crippen LogP contribution in [0.4, 0.5) is 0 Å². The number of rotatable bonds is 3. The van der Waals surface area contributed by atoms with Crippen LogP contribution in [0.2, 0.25) is 0 Å². The van der Waals surface area contributed by atoms with E-state index in [-0.39, 0.29) is 5.56 Å². The van der Waals surface area contributed by atoms with E-state index in [4.69, 9.17) is 0 Å². The Hall–Kier alpha value is -1.69. The maximum Gasteiger partial charge on any atom is 0.328 e. The van der Waals surface area contributed by atoms with Gasteiger partial charge in [0.05, 0.1) is 6.54 Å². The minimum atomic E-state index is -0.391. The molecular formula is C10H11N3O2S. The molecule has 0 spiro atoms. The normalized spacial score (nSPS) is 10.6. The van der Waals surface area contributed by atoms with Gasteiger partial charge in [-0.15, -0.1) is 11.3 Å². The molecular weight excluding hydrogens is 226 g/mol. The number of hydrogen-bond donors (Lipinski definition) is 1. The zero-order valence-corrected chi connectivity index (χ0v) is 9.58. The molecule has 0 unspecified atom stereocenters. The molecule has 0 aliphatic carbocycles. The molecule has 5 nitrogen and oxygen atoms in total. The minimum absolute atomic E-state index is 0.303. The summed E-state index contributed by atoms with van der Waals surface area (Å²) in [5.74, 6) is 0. The molecule has 16 heavy (non-hydrogen) atoms. The molecule has 0 saturated carbocycles. The van der Waals surface area contributed by atoms with Crippen molar-refractivity contribution in [2.45, 2.75) is 19.9 Å². The summed E-state index contributed by atoms with van der Waals surface area (Å²) >= 11 is 1.48. The number of nitrogens with zero attached hydrogens (tertiary/aromatic N) is 2. The Morgan fingerprint density at radius 3 is 2.94 bits per heavy atom. The molecule has 2 aromatic rings. The van der Waals surface area contributed by atoms with Crippen LogP contribution in [0.1, 0.15) is 17.5 Å². The Kier molecular flexibility index (Phi) is 3.00. The van der Waals surface area contributed by atoms with Gasteiger partial charge in [0.25, 0.3) is 5.56 Å². The summed E-state index contributed by atoms with van der Waals surface area (Å²) in [6.45, 7) is 2.28. The van der Waals surface area contributed by atoms with Crippen molar-refractivity contribution in [3.05, 3.63) is 49.2 Å². The number of aromatic nitrogens is 3. The Morgan fingerprint density at radius 2 is 2.31 bits per heavy atom. The van der Waals surface area contributed by atoms with E-state index >= 15 is 0 Å². The number of H-pyrrole nitrogens is 1. The summed E-state index contributed by atoms with van der Waals surface area (Å²) in [6.07, 6.45) is 3.90. The van der Waals surface area contributed by atoms with Crippen molar-refractivity contribution in [2.75, 3.05) is 0 Å². The summed E-state index contributed by atoms with van der Waals surface area (Å²) in [4.78, 5) is 29.3. The molecule has 0 fully saturated rings. The predicted molar refractivity (Wildman–Crippen MR) is 61.9 cm³/mol. The van der Waals surface area contributed by atoms with E-state index in [2.05, 4.69) is 9.97 Å². The molecule has 1 N–H and O–H groups in total. The molecule has 0 atom stereocenters. The van der Waals surface area contributed by atoms with Crippen LogP contribution in [-0.2, 0) is 13.0 Å². The van der Waals surface area contributed by atoms with Gasteiger partial charge in [0.2, 0.25) is 0 Å². The zero-order chi connectivity index (χ0) is 11.5. The summed E-state index contributed by atoms with van der Waals surface area (Å²) in [5, 5.41) is 2.70. The first-order valence-corrected chi connectivity index (χ1v) is 5.79. The van der Waals surface area contributed by atoms with Crippen LogP contribution >= 0.6 is 11.3 Å². The highest BCUT2D eigenvalue weighted by Gasteiger charge is 2.04. The highest BCUT2D eigenvalue weighted by Crippen LogP contribution is 2.04. The monoisotopic (exact) mass is 237 g/mol. The van der Waals surface area contributed by atoms with Crippen molar-refractivity contribution in [3.8, 4) is 0 Å². The zero-order valence-electron chi connectivity index (χ0n) is 8.77. The highest BCUT2D eigenvalue weighted by atomic mass is 32.1. The number of thiazole rings is 1. The van der Waals surface area contributed by atoms with Crippen LogP contribution in [0.15, 0.2) is 27.4 Å². The third-order valence-electron chi connectivity index (χ3n) is 2.25. The van der Waals surface area contributed by atoms with Crippen LogP contribution in [-0.4, -0.2) is 14.5 Å². The van der Waals surface area contributed by atoms with E-state index < -0.39 is 5.69 Å². The smallest absolute Gasteiger partial charge is 0.293 e. The van der Waals surface area contributed by atoms with Crippen molar-refractivity contribution >= 4 is 11.3 Å². The third kappa shape index (κ3) is 2.11. The van der Waals surface area contributed by atoms with Gasteiger partial charge in [0, 0.05) is 23.3 Å². The van der Waals surface area contributed by atoms with Crippen molar-refractivity contribution in [3.63, 3.8) is 0 Å². The lowest BCUT2D eigenvalue weighted by molar-refractivity contribution is 0.704. The number of hydrogen-bond acceptors (Lipinski definition) is 4. The van der Waals surface area contributed by atoms with Gasteiger partial charge in [-0.2, -0.15) is 0 Å². The topological polar surface area (TPSA) is 67.8 Å². The van der Waals surface area contributed by atoms with Gasteiger partial charge in [-0.1, -0.05) is 6.92 Å². The van der Waals surface area contributed by atoms with E-state index in [9.17, 15) is 9.59 Å². The van der Waals surface area contributed by atoms with E-state index in [1.54, 1.807) is 12.4 Å². The fourth-order valence-electron chi connectivity index (χ4n) is 1.40. The first kappa shape index (κ1) is 10.8. The van der Waals surface area contributed by atoms with E-state index in [0.29, 0.717) is 18.5 Å². The lowest BCUT2D eigenvalue weighted by Crippen LogP contribution is -2.31. The fourth-order valence-corrected chi connectivity index (χ4v) is 2.01. The molecule has 0 saturated heterocycles. The highest BCUT2D eigenvalue weighted by molar-refractivity contribution is 7.09. The van der Waals surface area contributed by atoms with Gasteiger partial charge >= 0.3 is 5.69 Å². The second kappa shape index (κ2) is 4.44. The summed E-state index contributed by atoms with van der Waals surface area (Å²) < 4.78 is 1.47. The molecule has 2 aromatic heterocycles. The summed E-state index contributed by atoms with van der Waals surface area (Å²) in [6, 6.07) is 0. The molecule has 0 amide bonds. The van der Waals surface area contributed by atoms with Gasteiger partial charge < -0.3 is 0 Å². The molecule has 2 rings (SSSR count). The largest absolute Gasteiger partial charge is 0.328 e. The van der Waals surface area contributed by atoms with Gasteiger partial charge in [0.1, 0.15) is 5.01 Å². The summed E-state index contributed by atoms with van der Waals surface area (Å²) in [7, 11) is 0. The van der Waals surface area contributed by atoms with Crippen LogP contribution in [0.3, 0.4) is 0 Å². The summed E-state index contributed by atoms with van der Waals surface area (Å²) in [5.41, 5.74) is -0.0866. The lowest BCUT2D eigenvalue weighted by Gasteiger charge is -2.04. The van der Waals surface area contributed by atoms with Crippen LogP contribution < -0.4 is 11.2 Å². The first-order valence-electron chi connectivity index (χ1n) is 4.91. The van der Waals surface area contributed by atoms with Gasteiger partial charge in [-0.25, -0.2) is 9.78 Å². The van der Waals surface area contributed by atoms with Crippen molar-refractivity contribution in [2.24, 2.45) is 0 Å². The molecule has 0 radical (unpaired) electrons. The minimum Gasteiger partial charge on any atom is -0.293 e. The van der Waals surface area contributed by atoms with Crippen LogP contribution in [0.5, 0.6) is 0 Å². The maximum atomic E-state index is 11.5. The first-order chi connectivity index (χ1) is 7.70. The lowest BCUT2D eigenvalue weighted by atomic mass is 10.3. The van der Waals surface area contributed by atoms with Crippen molar-refractivity contribution < 1.29 is 0 Å². The van der Waals surface area contributed by atoms with E-state index in [0.717, 1.165) is 5.01 Å². The third-order valence-corrected chi connectivity index (χ3v) is 3.02. The molecule has 0 aliphatic rings. The second-order valence-corrected chi connectivity index (χ2v) is 4.30. The van der Waals surface area contributed by atoms with Crippen molar-refractivity contribution in [1.29, 1.82) is 0 Å². The van der Waals surface area contributed by atoms with Crippen molar-refractivity contribution in [1.82, 2.24) is 14.5 Å². The fraction of sp³-hybridized carbons (Fsp3) is 0.300. The maximum absolute atomic E-state index is 11.5. The van der Waals surface area contributed by atoms with Gasteiger partial charge in [-0.05, 0) is 6.42 Å². The molecule has 0 bridgehead atoms. The Bertz CT molecular complexity index is 583. The Balaban J connectivity index is 2.41. The predicted octanol–water partition coefficient (Wildman–Crippen LogP) is 0.604. The average Bonchev–Trinajstić information content (AvgIpc) is 2.75. The van der Waals surface area contributed by atoms with Crippen LogP contribution in [0, 0.1) is 0 Å². The Morgan fingerprint density at radius 1 is 1.50 bits per heavy atom. The van der Waals surface area contributed by atoms with E-state index in [1.165, 1.54) is 15.9 Å². The molecule has 6 heteroatoms. The number of aryl methyl sites for hydroxylation is 1. The van der Waals surface area contributed by atoms with E-state index in [1.807, 2.05) is 12.3 Å². The standard InChI is InChI=1S/C10H11N3O2S/c1-2-7-5-13(10(15)12-9(7)14)6-8-11-3-4-16-8/h3-5H,2,6H2,1H3,(H,12,14,15). The number of nitrogens with one attached hydrogen (secondary N) is 1. The molecule has 0 aliphatic heterocycles. The molecule has 84 valence electrons. The van der Waals surface area contributed by atoms with Gasteiger partial charge in [-0.3, -0.25) is 14.3 Å². The molecule has 2 heterocycles. The van der Waals surface area contributed by atoms with Gasteiger partial charge in [0.15, 0.2) is 0 Å². The average molecular weight is 237 g/mol. The van der Waals surface area contributed by atoms with Crippen LogP contribution in [0.25, 0.3) is 0 Å².